The summed E-state index contributed by atoms with van der Waals surface area (Å²) in [4.78, 5) is 0. The summed E-state index contributed by atoms with van der Waals surface area (Å²) in [5.74, 6) is 0.0253. The molecule has 0 radical (unpaired) electrons. The molecule has 2 heterocycles. The Balaban J connectivity index is 1.81. The van der Waals surface area contributed by atoms with E-state index in [4.69, 9.17) is 30.8 Å². The fraction of sp³-hybridized carbons (Fsp3) is 0.920. The molecule has 1 saturated carbocycles. The molecule has 1 saturated heterocycles. The van der Waals surface area contributed by atoms with Crippen LogP contribution in [-0.4, -0.2) is 144 Å². The van der Waals surface area contributed by atoms with E-state index < -0.39 is 72.4 Å². The number of aliphatic hydroxyl groups is 6. The van der Waals surface area contributed by atoms with Crippen molar-refractivity contribution in [1.82, 2.24) is 16.0 Å². The SMILES string of the molecule is CN[C@@H]1[C@@H](O)[C@@H](O[C@H]2[C@H](NC(CO)CO)C[C@H](N)C([C@H]3OC(CNCCCO)=CC[C@H]3N)[C@@H]2O)OC[C@]1(C)O. The zero-order chi connectivity index (χ0) is 28.7. The summed E-state index contributed by atoms with van der Waals surface area (Å²) in [6.07, 6.45) is -1.96. The Morgan fingerprint density at radius 1 is 1.15 bits per heavy atom. The van der Waals surface area contributed by atoms with Crippen LogP contribution in [0.25, 0.3) is 0 Å². The number of nitrogens with two attached hydrogens (primary N) is 2. The molecule has 3 rings (SSSR count). The standard InChI is InChI=1S/C25H49N5O9/c1-25(36)12-37-24(20(35)23(25)28-2)39-22-17(30-13(10-32)11-33)8-16(27)18(19(22)34)21-15(26)5-4-14(38-21)9-29-6-3-7-31/h4,13,15-24,28-36H,3,5-12,26-27H2,1-2H3/t15-,16+,17-,18?,19+,20-,21+,22+,23-,24-,25+/m1/s1. The molecule has 0 amide bonds. The summed E-state index contributed by atoms with van der Waals surface area (Å²) < 4.78 is 18.1. The first-order valence-corrected chi connectivity index (χ1v) is 13.8. The van der Waals surface area contributed by atoms with E-state index in [2.05, 4.69) is 16.0 Å². The largest absolute Gasteiger partial charge is 0.492 e. The second-order valence-electron chi connectivity index (χ2n) is 11.1. The second-order valence-corrected chi connectivity index (χ2v) is 11.1. The van der Waals surface area contributed by atoms with Crippen molar-refractivity contribution >= 4 is 0 Å². The van der Waals surface area contributed by atoms with Crippen LogP contribution in [0.1, 0.15) is 26.2 Å². The topological polar surface area (TPSA) is 237 Å². The van der Waals surface area contributed by atoms with Crippen molar-refractivity contribution < 1.29 is 44.8 Å². The van der Waals surface area contributed by atoms with Crippen molar-refractivity contribution in [3.8, 4) is 0 Å². The highest BCUT2D eigenvalue weighted by atomic mass is 16.7. The number of aliphatic hydroxyl groups excluding tert-OH is 5. The first-order chi connectivity index (χ1) is 18.6. The number of ether oxygens (including phenoxy) is 3. The second kappa shape index (κ2) is 14.8. The monoisotopic (exact) mass is 563 g/mol. The summed E-state index contributed by atoms with van der Waals surface area (Å²) in [6.45, 7) is 1.86. The summed E-state index contributed by atoms with van der Waals surface area (Å²) >= 11 is 0. The third kappa shape index (κ3) is 7.86. The van der Waals surface area contributed by atoms with Crippen molar-refractivity contribution in [3.63, 3.8) is 0 Å². The zero-order valence-corrected chi connectivity index (χ0v) is 22.9. The Bertz CT molecular complexity index is 774. The van der Waals surface area contributed by atoms with Gasteiger partial charge in [0, 0.05) is 30.7 Å². The van der Waals surface area contributed by atoms with Gasteiger partial charge in [0.05, 0.1) is 44.6 Å². The number of likely N-dealkylation sites (N-methyl/N-ethyl adjacent to an activating group) is 1. The maximum Gasteiger partial charge on any atom is 0.185 e. The Morgan fingerprint density at radius 2 is 1.87 bits per heavy atom. The van der Waals surface area contributed by atoms with Crippen LogP contribution in [0.2, 0.25) is 0 Å². The Labute approximate surface area is 229 Å². The van der Waals surface area contributed by atoms with Gasteiger partial charge in [-0.15, -0.1) is 0 Å². The third-order valence-corrected chi connectivity index (χ3v) is 7.99. The van der Waals surface area contributed by atoms with Gasteiger partial charge in [0.2, 0.25) is 0 Å². The molecule has 3 aliphatic rings. The van der Waals surface area contributed by atoms with Crippen LogP contribution in [0, 0.1) is 5.92 Å². The van der Waals surface area contributed by atoms with Crippen LogP contribution in [0.3, 0.4) is 0 Å². The summed E-state index contributed by atoms with van der Waals surface area (Å²) in [7, 11) is 1.61. The molecule has 0 aromatic heterocycles. The van der Waals surface area contributed by atoms with Gasteiger partial charge in [-0.05, 0) is 45.9 Å². The van der Waals surface area contributed by atoms with Crippen LogP contribution < -0.4 is 27.4 Å². The Kier molecular flexibility index (Phi) is 12.3. The molecule has 0 spiro atoms. The Morgan fingerprint density at radius 3 is 2.51 bits per heavy atom. The minimum Gasteiger partial charge on any atom is -0.492 e. The molecule has 39 heavy (non-hydrogen) atoms. The zero-order valence-electron chi connectivity index (χ0n) is 22.9. The molecule has 11 atom stereocenters. The van der Waals surface area contributed by atoms with E-state index in [-0.39, 0.29) is 26.4 Å². The maximum atomic E-state index is 11.7. The smallest absolute Gasteiger partial charge is 0.185 e. The van der Waals surface area contributed by atoms with Crippen LogP contribution in [-0.2, 0) is 14.2 Å². The molecule has 0 bridgehead atoms. The lowest BCUT2D eigenvalue weighted by atomic mass is 9.72. The molecule has 1 aliphatic carbocycles. The predicted molar refractivity (Wildman–Crippen MR) is 141 cm³/mol. The molecular weight excluding hydrogens is 514 g/mol. The lowest BCUT2D eigenvalue weighted by molar-refractivity contribution is -0.298. The molecule has 14 nitrogen and oxygen atoms in total. The van der Waals surface area contributed by atoms with Gasteiger partial charge < -0.3 is 72.3 Å². The highest BCUT2D eigenvalue weighted by molar-refractivity contribution is 5.10. The van der Waals surface area contributed by atoms with Crippen molar-refractivity contribution in [3.05, 3.63) is 11.8 Å². The number of rotatable bonds is 13. The van der Waals surface area contributed by atoms with Gasteiger partial charge >= 0.3 is 0 Å². The first-order valence-electron chi connectivity index (χ1n) is 13.8. The first kappa shape index (κ1) is 32.5. The van der Waals surface area contributed by atoms with Gasteiger partial charge in [0.1, 0.15) is 29.7 Å². The highest BCUT2D eigenvalue weighted by Crippen LogP contribution is 2.36. The van der Waals surface area contributed by atoms with Crippen molar-refractivity contribution in [1.29, 1.82) is 0 Å². The molecule has 13 N–H and O–H groups in total. The number of hydrogen-bond donors (Lipinski definition) is 11. The average Bonchev–Trinajstić information content (AvgIpc) is 2.90. The van der Waals surface area contributed by atoms with E-state index in [1.807, 2.05) is 6.08 Å². The highest BCUT2D eigenvalue weighted by Gasteiger charge is 2.53. The summed E-state index contributed by atoms with van der Waals surface area (Å²) in [5, 5.41) is 70.8. The van der Waals surface area contributed by atoms with Crippen molar-refractivity contribution in [2.24, 2.45) is 17.4 Å². The quantitative estimate of drug-likeness (QED) is 0.0946. The summed E-state index contributed by atoms with van der Waals surface area (Å²) in [5.41, 5.74) is 11.7. The molecular formula is C25H49N5O9. The van der Waals surface area contributed by atoms with Gasteiger partial charge in [-0.3, -0.25) is 0 Å². The minimum absolute atomic E-state index is 0.0829. The summed E-state index contributed by atoms with van der Waals surface area (Å²) in [6, 6.07) is -3.07. The van der Waals surface area contributed by atoms with E-state index in [1.54, 1.807) is 14.0 Å². The van der Waals surface area contributed by atoms with Crippen molar-refractivity contribution in [2.45, 2.75) is 92.7 Å². The van der Waals surface area contributed by atoms with E-state index in [0.717, 1.165) is 0 Å². The molecule has 0 aromatic carbocycles. The van der Waals surface area contributed by atoms with Gasteiger partial charge in [0.15, 0.2) is 6.29 Å². The molecule has 1 unspecified atom stereocenters. The van der Waals surface area contributed by atoms with Crippen LogP contribution in [0.5, 0.6) is 0 Å². The number of nitrogens with one attached hydrogen (secondary N) is 3. The van der Waals surface area contributed by atoms with Crippen LogP contribution in [0.15, 0.2) is 11.8 Å². The molecule has 0 aromatic rings. The fourth-order valence-electron chi connectivity index (χ4n) is 5.86. The molecule has 14 heteroatoms. The molecule has 2 fully saturated rings. The van der Waals surface area contributed by atoms with E-state index >= 15 is 0 Å². The minimum atomic E-state index is -1.35. The van der Waals surface area contributed by atoms with Gasteiger partial charge in [-0.2, -0.15) is 0 Å². The molecule has 2 aliphatic heterocycles. The van der Waals surface area contributed by atoms with E-state index in [1.165, 1.54) is 0 Å². The average molecular weight is 564 g/mol. The lowest BCUT2D eigenvalue weighted by Gasteiger charge is -2.51. The van der Waals surface area contributed by atoms with Crippen LogP contribution >= 0.6 is 0 Å². The van der Waals surface area contributed by atoms with Crippen molar-refractivity contribution in [2.75, 3.05) is 46.6 Å². The normalized spacial score (nSPS) is 41.4. The van der Waals surface area contributed by atoms with Gasteiger partial charge in [-0.1, -0.05) is 0 Å². The van der Waals surface area contributed by atoms with Gasteiger partial charge in [0.25, 0.3) is 0 Å². The lowest BCUT2D eigenvalue weighted by Crippen LogP contribution is -2.69. The molecule has 228 valence electrons. The third-order valence-electron chi connectivity index (χ3n) is 7.99. The number of hydrogen-bond acceptors (Lipinski definition) is 14. The van der Waals surface area contributed by atoms with E-state index in [9.17, 15) is 25.5 Å². The van der Waals surface area contributed by atoms with E-state index in [0.29, 0.717) is 38.1 Å². The van der Waals surface area contributed by atoms with Crippen LogP contribution in [0.4, 0.5) is 0 Å². The fourth-order valence-corrected chi connectivity index (χ4v) is 5.86. The maximum absolute atomic E-state index is 11.7. The predicted octanol–water partition coefficient (Wildman–Crippen LogP) is -4.58. The van der Waals surface area contributed by atoms with Gasteiger partial charge in [-0.25, -0.2) is 0 Å². The Hall–Kier alpha value is -0.980.